The van der Waals surface area contributed by atoms with Crippen LogP contribution in [0, 0.1) is 0 Å². The van der Waals surface area contributed by atoms with Crippen molar-refractivity contribution in [2.24, 2.45) is 5.73 Å². The highest BCUT2D eigenvalue weighted by molar-refractivity contribution is 6.30. The van der Waals surface area contributed by atoms with E-state index in [1.165, 1.54) is 0 Å². The molecule has 0 aliphatic carbocycles. The average molecular weight is 243 g/mol. The zero-order chi connectivity index (χ0) is 12.3. The molecule has 0 fully saturated rings. The van der Waals surface area contributed by atoms with E-state index in [0.29, 0.717) is 11.6 Å². The third kappa shape index (κ3) is 2.67. The van der Waals surface area contributed by atoms with E-state index in [1.807, 2.05) is 44.0 Å². The summed E-state index contributed by atoms with van der Waals surface area (Å²) in [5.41, 5.74) is 7.36. The summed E-state index contributed by atoms with van der Waals surface area (Å²) in [5.74, 6) is 0. The maximum atomic E-state index is 9.34. The van der Waals surface area contributed by atoms with Crippen LogP contribution in [-0.2, 0) is 6.54 Å². The quantitative estimate of drug-likeness (QED) is 0.849. The molecule has 0 bridgehead atoms. The van der Waals surface area contributed by atoms with Gasteiger partial charge >= 0.3 is 0 Å². The topological polar surface area (TPSA) is 49.5 Å². The predicted octanol–water partition coefficient (Wildman–Crippen LogP) is 2.01. The highest BCUT2D eigenvalue weighted by atomic mass is 35.5. The molecule has 0 saturated carbocycles. The molecule has 16 heavy (non-hydrogen) atoms. The van der Waals surface area contributed by atoms with Crippen LogP contribution in [0.15, 0.2) is 18.2 Å². The third-order valence-electron chi connectivity index (χ3n) is 2.92. The first kappa shape index (κ1) is 13.3. The second-order valence-corrected chi connectivity index (χ2v) is 4.94. The van der Waals surface area contributed by atoms with Crippen LogP contribution in [0.4, 0.5) is 5.69 Å². The molecule has 0 atom stereocenters. The molecule has 0 amide bonds. The molecule has 0 unspecified atom stereocenters. The summed E-state index contributed by atoms with van der Waals surface area (Å²) in [4.78, 5) is 2.02. The van der Waals surface area contributed by atoms with E-state index < -0.39 is 0 Å². The fraction of sp³-hybridized carbons (Fsp3) is 0.500. The van der Waals surface area contributed by atoms with Crippen LogP contribution in [0.3, 0.4) is 0 Å². The van der Waals surface area contributed by atoms with E-state index in [0.717, 1.165) is 11.3 Å². The molecule has 3 N–H and O–H groups in total. The molecule has 3 nitrogen and oxygen atoms in total. The van der Waals surface area contributed by atoms with Gasteiger partial charge in [0.15, 0.2) is 0 Å². The van der Waals surface area contributed by atoms with Crippen LogP contribution in [0.1, 0.15) is 19.4 Å². The van der Waals surface area contributed by atoms with E-state index in [2.05, 4.69) is 0 Å². The summed E-state index contributed by atoms with van der Waals surface area (Å²) in [6.45, 7) is 4.46. The summed E-state index contributed by atoms with van der Waals surface area (Å²) < 4.78 is 0. The Hall–Kier alpha value is -0.770. The van der Waals surface area contributed by atoms with Crippen LogP contribution < -0.4 is 10.6 Å². The lowest BCUT2D eigenvalue weighted by molar-refractivity contribution is 0.216. The standard InChI is InChI=1S/C12H19ClN2O/c1-12(2,8-16)15(3)11-5-4-10(13)6-9(11)7-14/h4-6,16H,7-8,14H2,1-3H3. The van der Waals surface area contributed by atoms with Crippen LogP contribution in [0.2, 0.25) is 5.02 Å². The number of halogens is 1. The number of hydrogen-bond acceptors (Lipinski definition) is 3. The summed E-state index contributed by atoms with van der Waals surface area (Å²) in [6.07, 6.45) is 0. The van der Waals surface area contributed by atoms with E-state index >= 15 is 0 Å². The number of hydrogen-bond donors (Lipinski definition) is 2. The van der Waals surface area contributed by atoms with Gasteiger partial charge < -0.3 is 15.7 Å². The van der Waals surface area contributed by atoms with E-state index in [-0.39, 0.29) is 12.1 Å². The van der Waals surface area contributed by atoms with Gasteiger partial charge in [-0.15, -0.1) is 0 Å². The second-order valence-electron chi connectivity index (χ2n) is 4.51. The van der Waals surface area contributed by atoms with Crippen molar-refractivity contribution in [2.45, 2.75) is 25.9 Å². The summed E-state index contributed by atoms with van der Waals surface area (Å²) in [7, 11) is 1.94. The first-order chi connectivity index (χ1) is 7.42. The van der Waals surface area contributed by atoms with Crippen molar-refractivity contribution < 1.29 is 5.11 Å². The molecular formula is C12H19ClN2O. The minimum Gasteiger partial charge on any atom is -0.394 e. The first-order valence-corrected chi connectivity index (χ1v) is 5.63. The lowest BCUT2D eigenvalue weighted by Gasteiger charge is -2.37. The maximum absolute atomic E-state index is 9.34. The molecule has 1 rings (SSSR count). The van der Waals surface area contributed by atoms with Crippen molar-refractivity contribution in [2.75, 3.05) is 18.6 Å². The zero-order valence-electron chi connectivity index (χ0n) is 10.00. The van der Waals surface area contributed by atoms with Crippen molar-refractivity contribution >= 4 is 17.3 Å². The van der Waals surface area contributed by atoms with Gasteiger partial charge in [0.2, 0.25) is 0 Å². The molecule has 0 aromatic heterocycles. The third-order valence-corrected chi connectivity index (χ3v) is 3.15. The number of aliphatic hydroxyl groups is 1. The molecule has 0 spiro atoms. The summed E-state index contributed by atoms with van der Waals surface area (Å²) in [6, 6.07) is 5.63. The van der Waals surface area contributed by atoms with Crippen LogP contribution >= 0.6 is 11.6 Å². The molecule has 0 saturated heterocycles. The Kier molecular flexibility index (Phi) is 4.19. The Bertz CT molecular complexity index is 366. The zero-order valence-corrected chi connectivity index (χ0v) is 10.8. The van der Waals surface area contributed by atoms with Gasteiger partial charge in [0, 0.05) is 24.3 Å². The predicted molar refractivity (Wildman–Crippen MR) is 68.9 cm³/mol. The first-order valence-electron chi connectivity index (χ1n) is 5.25. The van der Waals surface area contributed by atoms with E-state index in [1.54, 1.807) is 0 Å². The Labute approximate surface area is 102 Å². The Balaban J connectivity index is 3.13. The van der Waals surface area contributed by atoms with Crippen LogP contribution in [0.5, 0.6) is 0 Å². The molecule has 0 heterocycles. The van der Waals surface area contributed by atoms with Gasteiger partial charge in [0.25, 0.3) is 0 Å². The molecule has 1 aromatic carbocycles. The maximum Gasteiger partial charge on any atom is 0.0658 e. The van der Waals surface area contributed by atoms with Gasteiger partial charge in [-0.25, -0.2) is 0 Å². The van der Waals surface area contributed by atoms with Crippen molar-refractivity contribution in [3.05, 3.63) is 28.8 Å². The molecule has 90 valence electrons. The molecule has 0 aliphatic rings. The van der Waals surface area contributed by atoms with Crippen LogP contribution in [0.25, 0.3) is 0 Å². The van der Waals surface area contributed by atoms with Crippen LogP contribution in [-0.4, -0.2) is 24.3 Å². The summed E-state index contributed by atoms with van der Waals surface area (Å²) >= 11 is 5.92. The molecule has 1 aromatic rings. The van der Waals surface area contributed by atoms with Gasteiger partial charge in [-0.3, -0.25) is 0 Å². The van der Waals surface area contributed by atoms with Gasteiger partial charge in [0.1, 0.15) is 0 Å². The Morgan fingerprint density at radius 3 is 2.56 bits per heavy atom. The summed E-state index contributed by atoms with van der Waals surface area (Å²) in [5, 5.41) is 10.0. The van der Waals surface area contributed by atoms with Crippen molar-refractivity contribution in [3.8, 4) is 0 Å². The number of nitrogens with two attached hydrogens (primary N) is 1. The number of likely N-dealkylation sites (N-methyl/N-ethyl adjacent to an activating group) is 1. The fourth-order valence-corrected chi connectivity index (χ4v) is 1.67. The van der Waals surface area contributed by atoms with Crippen molar-refractivity contribution in [1.82, 2.24) is 0 Å². The molecular weight excluding hydrogens is 224 g/mol. The lowest BCUT2D eigenvalue weighted by Crippen LogP contribution is -2.44. The van der Waals surface area contributed by atoms with E-state index in [9.17, 15) is 5.11 Å². The van der Waals surface area contributed by atoms with Gasteiger partial charge in [-0.2, -0.15) is 0 Å². The normalized spacial score (nSPS) is 11.6. The van der Waals surface area contributed by atoms with Gasteiger partial charge in [-0.1, -0.05) is 11.6 Å². The van der Waals surface area contributed by atoms with Crippen molar-refractivity contribution in [3.63, 3.8) is 0 Å². The van der Waals surface area contributed by atoms with E-state index in [4.69, 9.17) is 17.3 Å². The molecule has 4 heteroatoms. The number of anilines is 1. The van der Waals surface area contributed by atoms with Crippen molar-refractivity contribution in [1.29, 1.82) is 0 Å². The smallest absolute Gasteiger partial charge is 0.0658 e. The second kappa shape index (κ2) is 5.04. The molecule has 0 aliphatic heterocycles. The lowest BCUT2D eigenvalue weighted by atomic mass is 10.0. The minimum absolute atomic E-state index is 0.0795. The highest BCUT2D eigenvalue weighted by Gasteiger charge is 2.24. The minimum atomic E-state index is -0.322. The highest BCUT2D eigenvalue weighted by Crippen LogP contribution is 2.28. The number of rotatable bonds is 4. The Morgan fingerprint density at radius 1 is 1.44 bits per heavy atom. The number of nitrogens with zero attached hydrogens (tertiary/aromatic N) is 1. The monoisotopic (exact) mass is 242 g/mol. The SMILES string of the molecule is CN(c1ccc(Cl)cc1CN)C(C)(C)CO. The fourth-order valence-electron chi connectivity index (χ4n) is 1.48. The van der Waals surface area contributed by atoms with Gasteiger partial charge in [-0.05, 0) is 37.6 Å². The number of aliphatic hydroxyl groups excluding tert-OH is 1. The van der Waals surface area contributed by atoms with Gasteiger partial charge in [0.05, 0.1) is 12.1 Å². The average Bonchev–Trinajstić information content (AvgIpc) is 2.27. The number of benzene rings is 1. The largest absolute Gasteiger partial charge is 0.394 e. The Morgan fingerprint density at radius 2 is 2.06 bits per heavy atom. The molecule has 0 radical (unpaired) electrons.